The second-order valence-corrected chi connectivity index (χ2v) is 5.65. The van der Waals surface area contributed by atoms with Gasteiger partial charge in [0.15, 0.2) is 0 Å². The molecule has 0 aliphatic heterocycles. The molecular formula is C16H26N2. The van der Waals surface area contributed by atoms with Crippen molar-refractivity contribution in [3.8, 4) is 0 Å². The van der Waals surface area contributed by atoms with Gasteiger partial charge in [-0.05, 0) is 39.4 Å². The molecule has 0 spiro atoms. The van der Waals surface area contributed by atoms with Crippen LogP contribution in [0.15, 0.2) is 24.3 Å². The molecule has 1 aromatic carbocycles. The van der Waals surface area contributed by atoms with Gasteiger partial charge in [0.25, 0.3) is 0 Å². The predicted molar refractivity (Wildman–Crippen MR) is 77.7 cm³/mol. The Morgan fingerprint density at radius 3 is 2.78 bits per heavy atom. The lowest BCUT2D eigenvalue weighted by Crippen LogP contribution is -2.49. The number of likely N-dealkylation sites (N-methyl/N-ethyl adjacent to an activating group) is 2. The Kier molecular flexibility index (Phi) is 4.79. The van der Waals surface area contributed by atoms with E-state index >= 15 is 0 Å². The van der Waals surface area contributed by atoms with Crippen molar-refractivity contribution >= 4 is 0 Å². The number of hydrogen-bond donors (Lipinski definition) is 1. The molecule has 2 unspecified atom stereocenters. The van der Waals surface area contributed by atoms with Gasteiger partial charge in [0, 0.05) is 18.6 Å². The first kappa shape index (κ1) is 13.6. The van der Waals surface area contributed by atoms with Gasteiger partial charge in [-0.15, -0.1) is 0 Å². The lowest BCUT2D eigenvalue weighted by molar-refractivity contribution is 0.147. The van der Waals surface area contributed by atoms with Gasteiger partial charge in [0.1, 0.15) is 0 Å². The van der Waals surface area contributed by atoms with Crippen LogP contribution in [-0.2, 0) is 6.54 Å². The largest absolute Gasteiger partial charge is 0.315 e. The molecule has 18 heavy (non-hydrogen) atoms. The molecule has 1 fully saturated rings. The first-order chi connectivity index (χ1) is 8.70. The minimum absolute atomic E-state index is 0.661. The van der Waals surface area contributed by atoms with Gasteiger partial charge in [-0.25, -0.2) is 0 Å². The Morgan fingerprint density at radius 1 is 1.28 bits per heavy atom. The average molecular weight is 246 g/mol. The number of aryl methyl sites for hydroxylation is 1. The Bertz CT molecular complexity index is 375. The fourth-order valence-electron chi connectivity index (χ4n) is 3.19. The molecule has 0 radical (unpaired) electrons. The molecule has 0 amide bonds. The minimum atomic E-state index is 0.661. The predicted octanol–water partition coefficient (Wildman–Crippen LogP) is 2.96. The zero-order chi connectivity index (χ0) is 13.0. The normalized spacial score (nSPS) is 24.4. The van der Waals surface area contributed by atoms with Crippen molar-refractivity contribution < 1.29 is 0 Å². The van der Waals surface area contributed by atoms with Crippen molar-refractivity contribution in [3.63, 3.8) is 0 Å². The van der Waals surface area contributed by atoms with Crippen molar-refractivity contribution in [2.24, 2.45) is 0 Å². The Balaban J connectivity index is 1.99. The molecule has 2 nitrogen and oxygen atoms in total. The minimum Gasteiger partial charge on any atom is -0.315 e. The fourth-order valence-corrected chi connectivity index (χ4v) is 3.19. The van der Waals surface area contributed by atoms with E-state index in [4.69, 9.17) is 0 Å². The first-order valence-electron chi connectivity index (χ1n) is 7.14. The first-order valence-corrected chi connectivity index (χ1v) is 7.14. The lowest BCUT2D eigenvalue weighted by atomic mass is 9.89. The molecule has 1 aliphatic carbocycles. The summed E-state index contributed by atoms with van der Waals surface area (Å²) in [5.74, 6) is 0. The van der Waals surface area contributed by atoms with Crippen LogP contribution in [0, 0.1) is 6.92 Å². The molecule has 1 aromatic rings. The number of hydrogen-bond acceptors (Lipinski definition) is 2. The van der Waals surface area contributed by atoms with E-state index in [1.54, 1.807) is 0 Å². The lowest BCUT2D eigenvalue weighted by Gasteiger charge is -2.38. The molecule has 1 aliphatic rings. The van der Waals surface area contributed by atoms with E-state index in [9.17, 15) is 0 Å². The molecule has 100 valence electrons. The zero-order valence-electron chi connectivity index (χ0n) is 11.9. The van der Waals surface area contributed by atoms with Gasteiger partial charge in [0.05, 0.1) is 0 Å². The van der Waals surface area contributed by atoms with Crippen molar-refractivity contribution in [3.05, 3.63) is 35.4 Å². The molecule has 0 aromatic heterocycles. The average Bonchev–Trinajstić information content (AvgIpc) is 2.38. The van der Waals surface area contributed by atoms with Gasteiger partial charge in [-0.3, -0.25) is 4.90 Å². The zero-order valence-corrected chi connectivity index (χ0v) is 11.9. The maximum atomic E-state index is 3.49. The van der Waals surface area contributed by atoms with E-state index in [0.717, 1.165) is 6.54 Å². The van der Waals surface area contributed by atoms with Crippen LogP contribution in [0.25, 0.3) is 0 Å². The number of nitrogens with zero attached hydrogens (tertiary/aromatic N) is 1. The number of benzene rings is 1. The molecule has 0 saturated heterocycles. The second-order valence-electron chi connectivity index (χ2n) is 5.65. The highest BCUT2D eigenvalue weighted by Gasteiger charge is 2.26. The van der Waals surface area contributed by atoms with Crippen LogP contribution in [-0.4, -0.2) is 31.1 Å². The summed E-state index contributed by atoms with van der Waals surface area (Å²) >= 11 is 0. The van der Waals surface area contributed by atoms with Crippen LogP contribution >= 0.6 is 0 Å². The Labute approximate surface area is 111 Å². The van der Waals surface area contributed by atoms with Crippen molar-refractivity contribution in [2.45, 2.75) is 51.2 Å². The summed E-state index contributed by atoms with van der Waals surface area (Å²) in [5.41, 5.74) is 2.78. The SMILES string of the molecule is CNC1CCCCC1N(C)Cc1cccc(C)c1. The third-order valence-electron chi connectivity index (χ3n) is 4.18. The standard InChI is InChI=1S/C16H26N2/c1-13-7-6-8-14(11-13)12-18(3)16-10-5-4-9-15(16)17-2/h6-8,11,15-17H,4-5,9-10,12H2,1-3H3. The molecule has 2 heteroatoms. The van der Waals surface area contributed by atoms with E-state index in [2.05, 4.69) is 55.5 Å². The van der Waals surface area contributed by atoms with Gasteiger partial charge in [-0.2, -0.15) is 0 Å². The van der Waals surface area contributed by atoms with E-state index < -0.39 is 0 Å². The molecule has 2 rings (SSSR count). The molecule has 2 atom stereocenters. The molecule has 1 saturated carbocycles. The van der Waals surface area contributed by atoms with Crippen molar-refractivity contribution in [2.75, 3.05) is 14.1 Å². The highest BCUT2D eigenvalue weighted by atomic mass is 15.2. The smallest absolute Gasteiger partial charge is 0.0249 e. The van der Waals surface area contributed by atoms with E-state index in [1.165, 1.54) is 36.8 Å². The highest BCUT2D eigenvalue weighted by molar-refractivity contribution is 5.22. The van der Waals surface area contributed by atoms with Crippen LogP contribution < -0.4 is 5.32 Å². The van der Waals surface area contributed by atoms with Crippen molar-refractivity contribution in [1.82, 2.24) is 10.2 Å². The Hall–Kier alpha value is -0.860. The summed E-state index contributed by atoms with van der Waals surface area (Å²) < 4.78 is 0. The van der Waals surface area contributed by atoms with Crippen molar-refractivity contribution in [1.29, 1.82) is 0 Å². The number of nitrogens with one attached hydrogen (secondary N) is 1. The van der Waals surface area contributed by atoms with Gasteiger partial charge in [-0.1, -0.05) is 42.7 Å². The topological polar surface area (TPSA) is 15.3 Å². The monoisotopic (exact) mass is 246 g/mol. The summed E-state index contributed by atoms with van der Waals surface area (Å²) in [6.45, 7) is 3.23. The van der Waals surface area contributed by atoms with Gasteiger partial charge < -0.3 is 5.32 Å². The van der Waals surface area contributed by atoms with Gasteiger partial charge >= 0.3 is 0 Å². The Morgan fingerprint density at radius 2 is 2.06 bits per heavy atom. The molecule has 1 N–H and O–H groups in total. The van der Waals surface area contributed by atoms with Crippen LogP contribution in [0.2, 0.25) is 0 Å². The number of rotatable bonds is 4. The second kappa shape index (κ2) is 6.35. The molecule has 0 heterocycles. The maximum Gasteiger partial charge on any atom is 0.0249 e. The summed E-state index contributed by atoms with van der Waals surface area (Å²) in [6.07, 6.45) is 5.40. The summed E-state index contributed by atoms with van der Waals surface area (Å²) in [7, 11) is 4.37. The van der Waals surface area contributed by atoms with Crippen LogP contribution in [0.4, 0.5) is 0 Å². The van der Waals surface area contributed by atoms with Crippen LogP contribution in [0.1, 0.15) is 36.8 Å². The third kappa shape index (κ3) is 3.33. The fraction of sp³-hybridized carbons (Fsp3) is 0.625. The van der Waals surface area contributed by atoms with E-state index in [0.29, 0.717) is 12.1 Å². The highest BCUT2D eigenvalue weighted by Crippen LogP contribution is 2.23. The maximum absolute atomic E-state index is 3.49. The summed E-state index contributed by atoms with van der Waals surface area (Å²) in [6, 6.07) is 10.2. The molecular weight excluding hydrogens is 220 g/mol. The van der Waals surface area contributed by atoms with Crippen LogP contribution in [0.3, 0.4) is 0 Å². The van der Waals surface area contributed by atoms with Crippen LogP contribution in [0.5, 0.6) is 0 Å². The summed E-state index contributed by atoms with van der Waals surface area (Å²) in [4.78, 5) is 2.52. The summed E-state index contributed by atoms with van der Waals surface area (Å²) in [5, 5.41) is 3.49. The molecule has 0 bridgehead atoms. The quantitative estimate of drug-likeness (QED) is 0.878. The van der Waals surface area contributed by atoms with E-state index in [-0.39, 0.29) is 0 Å². The van der Waals surface area contributed by atoms with Gasteiger partial charge in [0.2, 0.25) is 0 Å². The third-order valence-corrected chi connectivity index (χ3v) is 4.18. The van der Waals surface area contributed by atoms with E-state index in [1.807, 2.05) is 0 Å².